The number of benzene rings is 1. The van der Waals surface area contributed by atoms with E-state index in [-0.39, 0.29) is 11.7 Å². The van der Waals surface area contributed by atoms with Crippen LogP contribution in [0.3, 0.4) is 0 Å². The minimum absolute atomic E-state index is 0.156. The Morgan fingerprint density at radius 1 is 1.35 bits per heavy atom. The molecule has 0 fully saturated rings. The van der Waals surface area contributed by atoms with Crippen molar-refractivity contribution in [1.82, 2.24) is 15.0 Å². The summed E-state index contributed by atoms with van der Waals surface area (Å²) in [5, 5.41) is 4.01. The van der Waals surface area contributed by atoms with E-state index in [0.29, 0.717) is 12.4 Å². The van der Waals surface area contributed by atoms with Gasteiger partial charge in [-0.25, -0.2) is 4.39 Å². The number of fused-ring (bicyclic) bond motifs is 1. The van der Waals surface area contributed by atoms with Gasteiger partial charge in [0.25, 0.3) is 0 Å². The van der Waals surface area contributed by atoms with E-state index < -0.39 is 0 Å². The van der Waals surface area contributed by atoms with E-state index in [1.54, 1.807) is 6.07 Å². The van der Waals surface area contributed by atoms with Crippen LogP contribution in [0, 0.1) is 5.82 Å². The summed E-state index contributed by atoms with van der Waals surface area (Å²) < 4.78 is 18.4. The molecule has 0 radical (unpaired) electrons. The van der Waals surface area contributed by atoms with Crippen LogP contribution in [0.2, 0.25) is 0 Å². The smallest absolute Gasteiger partial charge is 0.229 e. The first kappa shape index (κ1) is 13.2. The second-order valence-electron chi connectivity index (χ2n) is 5.58. The van der Waals surface area contributed by atoms with Crippen LogP contribution >= 0.6 is 0 Å². The van der Waals surface area contributed by atoms with Crippen LogP contribution in [0.1, 0.15) is 42.6 Å². The fourth-order valence-electron chi connectivity index (χ4n) is 2.48. The first-order valence-electron chi connectivity index (χ1n) is 6.94. The second kappa shape index (κ2) is 5.32. The topological polar surface area (TPSA) is 42.2 Å². The third kappa shape index (κ3) is 2.72. The summed E-state index contributed by atoms with van der Waals surface area (Å²) >= 11 is 0. The van der Waals surface area contributed by atoms with E-state index in [1.807, 2.05) is 19.9 Å². The molecule has 0 aliphatic carbocycles. The van der Waals surface area contributed by atoms with Gasteiger partial charge in [-0.15, -0.1) is 0 Å². The minimum Gasteiger partial charge on any atom is -0.339 e. The molecule has 3 rings (SSSR count). The molecule has 4 nitrogen and oxygen atoms in total. The van der Waals surface area contributed by atoms with E-state index in [9.17, 15) is 4.39 Å². The zero-order valence-electron chi connectivity index (χ0n) is 11.8. The number of halogens is 1. The quantitative estimate of drug-likeness (QED) is 0.863. The number of aromatic nitrogens is 2. The molecule has 0 saturated heterocycles. The minimum atomic E-state index is -0.156. The van der Waals surface area contributed by atoms with Gasteiger partial charge in [0.1, 0.15) is 5.82 Å². The van der Waals surface area contributed by atoms with Crippen molar-refractivity contribution in [2.75, 3.05) is 6.54 Å². The molecular weight excluding hydrogens is 257 g/mol. The number of rotatable bonds is 3. The lowest BCUT2D eigenvalue weighted by Crippen LogP contribution is -2.30. The van der Waals surface area contributed by atoms with Crippen molar-refractivity contribution in [3.05, 3.63) is 46.9 Å². The fourth-order valence-corrected chi connectivity index (χ4v) is 2.48. The van der Waals surface area contributed by atoms with Crippen molar-refractivity contribution in [3.63, 3.8) is 0 Å². The molecule has 5 heteroatoms. The highest BCUT2D eigenvalue weighted by molar-refractivity contribution is 5.29. The molecule has 0 unspecified atom stereocenters. The molecule has 106 valence electrons. The van der Waals surface area contributed by atoms with Crippen LogP contribution < -0.4 is 0 Å². The fraction of sp³-hybridized carbons (Fsp3) is 0.467. The zero-order valence-corrected chi connectivity index (χ0v) is 11.8. The van der Waals surface area contributed by atoms with Gasteiger partial charge in [0.2, 0.25) is 5.89 Å². The van der Waals surface area contributed by atoms with Crippen molar-refractivity contribution in [2.24, 2.45) is 0 Å². The van der Waals surface area contributed by atoms with E-state index in [4.69, 9.17) is 4.52 Å². The van der Waals surface area contributed by atoms with Crippen molar-refractivity contribution < 1.29 is 8.91 Å². The number of nitrogens with zero attached hydrogens (tertiary/aromatic N) is 3. The normalized spacial score (nSPS) is 15.6. The van der Waals surface area contributed by atoms with Gasteiger partial charge in [-0.2, -0.15) is 4.98 Å². The molecule has 0 spiro atoms. The lowest BCUT2D eigenvalue weighted by atomic mass is 10.00. The summed E-state index contributed by atoms with van der Waals surface area (Å²) in [7, 11) is 0. The summed E-state index contributed by atoms with van der Waals surface area (Å²) in [6.07, 6.45) is 0.863. The summed E-state index contributed by atoms with van der Waals surface area (Å²) in [6, 6.07) is 5.03. The number of hydrogen-bond acceptors (Lipinski definition) is 4. The molecule has 1 aromatic heterocycles. The molecule has 1 aliphatic heterocycles. The molecule has 2 aromatic rings. The van der Waals surface area contributed by atoms with E-state index in [1.165, 1.54) is 11.6 Å². The largest absolute Gasteiger partial charge is 0.339 e. The molecule has 0 saturated carbocycles. The average Bonchev–Trinajstić information content (AvgIpc) is 2.88. The van der Waals surface area contributed by atoms with Gasteiger partial charge in [0.15, 0.2) is 5.82 Å². The molecule has 0 atom stereocenters. The number of hydrogen-bond donors (Lipinski definition) is 0. The van der Waals surface area contributed by atoms with Gasteiger partial charge in [0.05, 0.1) is 6.54 Å². The summed E-state index contributed by atoms with van der Waals surface area (Å²) in [5.74, 6) is 1.50. The lowest BCUT2D eigenvalue weighted by molar-refractivity contribution is 0.235. The van der Waals surface area contributed by atoms with Gasteiger partial charge in [-0.3, -0.25) is 4.90 Å². The summed E-state index contributed by atoms with van der Waals surface area (Å²) in [4.78, 5) is 6.65. The molecule has 20 heavy (non-hydrogen) atoms. The standard InChI is InChI=1S/C15H18FN3O/c1-10(2)15-17-14(18-20-15)9-19-6-5-11-7-13(16)4-3-12(11)8-19/h3-4,7,10H,5-6,8-9H2,1-2H3. The molecule has 0 bridgehead atoms. The first-order chi connectivity index (χ1) is 9.61. The van der Waals surface area contributed by atoms with Crippen LogP contribution in [-0.2, 0) is 19.5 Å². The van der Waals surface area contributed by atoms with Gasteiger partial charge in [-0.05, 0) is 29.7 Å². The Balaban J connectivity index is 1.69. The Labute approximate surface area is 117 Å². The maximum absolute atomic E-state index is 13.2. The molecule has 0 N–H and O–H groups in total. The Bertz CT molecular complexity index is 609. The van der Waals surface area contributed by atoms with Gasteiger partial charge in [0, 0.05) is 19.0 Å². The Morgan fingerprint density at radius 3 is 2.95 bits per heavy atom. The van der Waals surface area contributed by atoms with Crippen LogP contribution in [0.5, 0.6) is 0 Å². The Kier molecular flexibility index (Phi) is 3.53. The van der Waals surface area contributed by atoms with Crippen LogP contribution in [0.15, 0.2) is 22.7 Å². The third-order valence-corrected chi connectivity index (χ3v) is 3.60. The average molecular weight is 275 g/mol. The highest BCUT2D eigenvalue weighted by atomic mass is 19.1. The maximum Gasteiger partial charge on any atom is 0.229 e. The second-order valence-corrected chi connectivity index (χ2v) is 5.58. The van der Waals surface area contributed by atoms with Crippen LogP contribution in [0.4, 0.5) is 4.39 Å². The molecule has 1 aliphatic rings. The lowest BCUT2D eigenvalue weighted by Gasteiger charge is -2.27. The van der Waals surface area contributed by atoms with Crippen LogP contribution in [0.25, 0.3) is 0 Å². The summed E-state index contributed by atoms with van der Waals surface area (Å²) in [5.41, 5.74) is 2.29. The van der Waals surface area contributed by atoms with Crippen molar-refractivity contribution in [3.8, 4) is 0 Å². The maximum atomic E-state index is 13.2. The highest BCUT2D eigenvalue weighted by Gasteiger charge is 2.19. The van der Waals surface area contributed by atoms with Crippen molar-refractivity contribution in [2.45, 2.75) is 39.3 Å². The van der Waals surface area contributed by atoms with Gasteiger partial charge < -0.3 is 4.52 Å². The van der Waals surface area contributed by atoms with Gasteiger partial charge >= 0.3 is 0 Å². The first-order valence-corrected chi connectivity index (χ1v) is 6.94. The zero-order chi connectivity index (χ0) is 14.1. The third-order valence-electron chi connectivity index (χ3n) is 3.60. The summed E-state index contributed by atoms with van der Waals surface area (Å²) in [6.45, 7) is 6.43. The molecule has 0 amide bonds. The predicted molar refractivity (Wildman–Crippen MR) is 72.6 cm³/mol. The van der Waals surface area contributed by atoms with E-state index in [0.717, 1.165) is 30.9 Å². The molecule has 2 heterocycles. The Morgan fingerprint density at radius 2 is 2.20 bits per heavy atom. The van der Waals surface area contributed by atoms with E-state index >= 15 is 0 Å². The molecular formula is C15H18FN3O. The van der Waals surface area contributed by atoms with E-state index in [2.05, 4.69) is 15.0 Å². The van der Waals surface area contributed by atoms with Crippen LogP contribution in [-0.4, -0.2) is 21.6 Å². The Hall–Kier alpha value is -1.75. The highest BCUT2D eigenvalue weighted by Crippen LogP contribution is 2.21. The van der Waals surface area contributed by atoms with Gasteiger partial charge in [-0.1, -0.05) is 25.1 Å². The molecule has 1 aromatic carbocycles. The monoisotopic (exact) mass is 275 g/mol. The SMILES string of the molecule is CC(C)c1nc(CN2CCc3cc(F)ccc3C2)no1. The predicted octanol–water partition coefficient (Wildman–Crippen LogP) is 2.89. The van der Waals surface area contributed by atoms with Crippen molar-refractivity contribution >= 4 is 0 Å². The van der Waals surface area contributed by atoms with Crippen molar-refractivity contribution in [1.29, 1.82) is 0 Å².